The summed E-state index contributed by atoms with van der Waals surface area (Å²) >= 11 is 0. The molecule has 0 saturated carbocycles. The van der Waals surface area contributed by atoms with E-state index in [0.29, 0.717) is 18.8 Å². The van der Waals surface area contributed by atoms with Gasteiger partial charge in [-0.3, -0.25) is 9.80 Å². The molecule has 27 heavy (non-hydrogen) atoms. The highest BCUT2D eigenvalue weighted by atomic mass is 19.1. The van der Waals surface area contributed by atoms with Crippen molar-refractivity contribution < 1.29 is 23.4 Å². The third-order valence-corrected chi connectivity index (χ3v) is 5.28. The number of amides is 1. The first kappa shape index (κ1) is 16.4. The van der Waals surface area contributed by atoms with Crippen LogP contribution in [0.15, 0.2) is 36.4 Å². The van der Waals surface area contributed by atoms with Gasteiger partial charge in [-0.1, -0.05) is 12.1 Å². The van der Waals surface area contributed by atoms with E-state index in [2.05, 4.69) is 4.90 Å². The first-order valence-corrected chi connectivity index (χ1v) is 9.03. The van der Waals surface area contributed by atoms with Gasteiger partial charge in [0.2, 0.25) is 6.79 Å². The van der Waals surface area contributed by atoms with E-state index in [1.54, 1.807) is 11.0 Å². The molecule has 3 aliphatic heterocycles. The molecule has 0 N–H and O–H groups in total. The molecule has 0 spiro atoms. The summed E-state index contributed by atoms with van der Waals surface area (Å²) in [4.78, 5) is 16.1. The molecule has 3 aliphatic rings. The molecule has 0 bridgehead atoms. The molecule has 0 aliphatic carbocycles. The smallest absolute Gasteiger partial charge is 0.414 e. The normalized spacial score (nSPS) is 21.3. The Hall–Kier alpha value is -2.80. The number of nitrogens with zero attached hydrogens (tertiary/aromatic N) is 2. The average Bonchev–Trinajstić information content (AvgIpc) is 3.25. The van der Waals surface area contributed by atoms with Crippen LogP contribution in [0.3, 0.4) is 0 Å². The predicted molar refractivity (Wildman–Crippen MR) is 95.3 cm³/mol. The van der Waals surface area contributed by atoms with Crippen molar-refractivity contribution in [2.75, 3.05) is 24.8 Å². The maximum atomic E-state index is 13.9. The summed E-state index contributed by atoms with van der Waals surface area (Å²) in [5.41, 5.74) is 2.65. The Morgan fingerprint density at radius 3 is 2.89 bits per heavy atom. The fourth-order valence-electron chi connectivity index (χ4n) is 3.95. The largest absolute Gasteiger partial charge is 0.454 e. The fraction of sp³-hybridized carbons (Fsp3) is 0.350. The molecule has 0 aromatic heterocycles. The van der Waals surface area contributed by atoms with Gasteiger partial charge in [-0.15, -0.1) is 0 Å². The van der Waals surface area contributed by atoms with E-state index in [1.165, 1.54) is 12.1 Å². The van der Waals surface area contributed by atoms with E-state index in [9.17, 15) is 9.18 Å². The molecule has 0 radical (unpaired) electrons. The van der Waals surface area contributed by atoms with Crippen LogP contribution < -0.4 is 14.4 Å². The third kappa shape index (κ3) is 2.98. The number of cyclic esters (lactones) is 1. The van der Waals surface area contributed by atoms with E-state index in [4.69, 9.17) is 14.2 Å². The van der Waals surface area contributed by atoms with Crippen LogP contribution in [0.25, 0.3) is 0 Å². The Labute approximate surface area is 156 Å². The SMILES string of the molecule is O=C1OCC2CCN(Cc3ccc4c(c3)OCO4)Cc3ccc(F)cc3N12. The first-order valence-electron chi connectivity index (χ1n) is 9.03. The number of carbonyl (C=O) groups is 1. The first-order chi connectivity index (χ1) is 13.2. The van der Waals surface area contributed by atoms with Gasteiger partial charge in [0.05, 0.1) is 11.7 Å². The molecule has 2 aromatic rings. The van der Waals surface area contributed by atoms with E-state index >= 15 is 0 Å². The lowest BCUT2D eigenvalue weighted by atomic mass is 10.0. The summed E-state index contributed by atoms with van der Waals surface area (Å²) < 4.78 is 29.9. The van der Waals surface area contributed by atoms with E-state index < -0.39 is 6.09 Å². The van der Waals surface area contributed by atoms with Crippen molar-refractivity contribution in [1.82, 2.24) is 4.90 Å². The van der Waals surface area contributed by atoms with Crippen LogP contribution in [0.4, 0.5) is 14.9 Å². The molecule has 1 atom stereocenters. The second-order valence-electron chi connectivity index (χ2n) is 7.06. The molecular weight excluding hydrogens is 351 g/mol. The molecular formula is C20H19FN2O4. The minimum absolute atomic E-state index is 0.0717. The standard InChI is InChI=1S/C20H19FN2O4/c21-15-3-2-14-10-22(9-13-1-4-18-19(7-13)27-12-26-18)6-5-16-11-25-20(24)23(16)17(14)8-15/h1-4,7-8,16H,5-6,9-12H2. The van der Waals surface area contributed by atoms with Crippen LogP contribution in [0.1, 0.15) is 17.5 Å². The van der Waals surface area contributed by atoms with Gasteiger partial charge in [-0.25, -0.2) is 9.18 Å². The van der Waals surface area contributed by atoms with Gasteiger partial charge in [0.15, 0.2) is 11.5 Å². The van der Waals surface area contributed by atoms with Crippen LogP contribution in [-0.2, 0) is 17.8 Å². The number of anilines is 1. The number of benzene rings is 2. The van der Waals surface area contributed by atoms with Crippen LogP contribution >= 0.6 is 0 Å². The number of rotatable bonds is 2. The summed E-state index contributed by atoms with van der Waals surface area (Å²) in [7, 11) is 0. The molecule has 3 heterocycles. The van der Waals surface area contributed by atoms with Gasteiger partial charge < -0.3 is 14.2 Å². The molecule has 140 valence electrons. The molecule has 1 saturated heterocycles. The zero-order valence-corrected chi connectivity index (χ0v) is 14.7. The van der Waals surface area contributed by atoms with Crippen molar-refractivity contribution in [2.24, 2.45) is 0 Å². The summed E-state index contributed by atoms with van der Waals surface area (Å²) in [6.45, 7) is 2.76. The average molecular weight is 370 g/mol. The van der Waals surface area contributed by atoms with Gasteiger partial charge in [0, 0.05) is 19.6 Å². The monoisotopic (exact) mass is 370 g/mol. The highest BCUT2D eigenvalue weighted by Gasteiger charge is 2.37. The van der Waals surface area contributed by atoms with Crippen molar-refractivity contribution in [2.45, 2.75) is 25.6 Å². The minimum Gasteiger partial charge on any atom is -0.454 e. The van der Waals surface area contributed by atoms with Gasteiger partial charge in [0.25, 0.3) is 0 Å². The van der Waals surface area contributed by atoms with Crippen molar-refractivity contribution in [3.63, 3.8) is 0 Å². The molecule has 2 aromatic carbocycles. The number of ether oxygens (including phenoxy) is 3. The number of hydrogen-bond donors (Lipinski definition) is 0. The zero-order chi connectivity index (χ0) is 18.4. The predicted octanol–water partition coefficient (Wildman–Crippen LogP) is 3.29. The Morgan fingerprint density at radius 1 is 1.07 bits per heavy atom. The minimum atomic E-state index is -0.393. The quantitative estimate of drug-likeness (QED) is 0.812. The Kier molecular flexibility index (Phi) is 3.89. The summed E-state index contributed by atoms with van der Waals surface area (Å²) in [6, 6.07) is 10.5. The Balaban J connectivity index is 1.44. The zero-order valence-electron chi connectivity index (χ0n) is 14.7. The second-order valence-corrected chi connectivity index (χ2v) is 7.06. The lowest BCUT2D eigenvalue weighted by Gasteiger charge is -2.32. The third-order valence-electron chi connectivity index (χ3n) is 5.28. The molecule has 1 amide bonds. The highest BCUT2D eigenvalue weighted by molar-refractivity contribution is 5.91. The fourth-order valence-corrected chi connectivity index (χ4v) is 3.95. The highest BCUT2D eigenvalue weighted by Crippen LogP contribution is 2.35. The Bertz CT molecular complexity index is 904. The molecule has 1 fully saturated rings. The summed E-state index contributed by atoms with van der Waals surface area (Å²) in [5.74, 6) is 1.18. The van der Waals surface area contributed by atoms with Gasteiger partial charge >= 0.3 is 6.09 Å². The van der Waals surface area contributed by atoms with Crippen LogP contribution in [-0.4, -0.2) is 37.0 Å². The maximum absolute atomic E-state index is 13.9. The number of hydrogen-bond acceptors (Lipinski definition) is 5. The second kappa shape index (κ2) is 6.42. The number of halogens is 1. The van der Waals surface area contributed by atoms with Gasteiger partial charge in [-0.2, -0.15) is 0 Å². The Morgan fingerprint density at radius 2 is 1.96 bits per heavy atom. The topological polar surface area (TPSA) is 51.2 Å². The lowest BCUT2D eigenvalue weighted by Crippen LogP contribution is -2.40. The molecule has 5 rings (SSSR count). The van der Waals surface area contributed by atoms with Crippen LogP contribution in [0.2, 0.25) is 0 Å². The molecule has 7 heteroatoms. The molecule has 6 nitrogen and oxygen atoms in total. The lowest BCUT2D eigenvalue weighted by molar-refractivity contribution is 0.174. The van der Waals surface area contributed by atoms with Crippen molar-refractivity contribution in [3.05, 3.63) is 53.3 Å². The van der Waals surface area contributed by atoms with E-state index in [-0.39, 0.29) is 18.7 Å². The van der Waals surface area contributed by atoms with Crippen molar-refractivity contribution in [1.29, 1.82) is 0 Å². The van der Waals surface area contributed by atoms with E-state index in [1.807, 2.05) is 18.2 Å². The van der Waals surface area contributed by atoms with Crippen molar-refractivity contribution >= 4 is 11.8 Å². The molecule has 1 unspecified atom stereocenters. The van der Waals surface area contributed by atoms with Gasteiger partial charge in [-0.05, 0) is 41.8 Å². The summed E-state index contributed by atoms with van der Waals surface area (Å²) in [5, 5.41) is 0. The summed E-state index contributed by atoms with van der Waals surface area (Å²) in [6.07, 6.45) is 0.378. The van der Waals surface area contributed by atoms with Crippen LogP contribution in [0.5, 0.6) is 11.5 Å². The van der Waals surface area contributed by atoms with E-state index in [0.717, 1.165) is 42.1 Å². The van der Waals surface area contributed by atoms with Crippen LogP contribution in [0, 0.1) is 5.82 Å². The number of carbonyl (C=O) groups excluding carboxylic acids is 1. The number of fused-ring (bicyclic) bond motifs is 4. The van der Waals surface area contributed by atoms with Gasteiger partial charge in [0.1, 0.15) is 12.4 Å². The maximum Gasteiger partial charge on any atom is 0.414 e. The van der Waals surface area contributed by atoms with Crippen molar-refractivity contribution in [3.8, 4) is 11.5 Å².